The number of hydrogen-bond donors (Lipinski definition) is 1. The predicted octanol–water partition coefficient (Wildman–Crippen LogP) is 2.46. The first-order valence-corrected chi connectivity index (χ1v) is 6.31. The lowest BCUT2D eigenvalue weighted by atomic mass is 10.2. The molecule has 1 rings (SSSR count). The molecule has 1 aliphatic heterocycles. The summed E-state index contributed by atoms with van der Waals surface area (Å²) in [6.07, 6.45) is 2.48. The molecule has 0 aromatic rings. The summed E-state index contributed by atoms with van der Waals surface area (Å²) in [6.45, 7) is 4.19. The van der Waals surface area contributed by atoms with E-state index >= 15 is 0 Å². The molecule has 0 amide bonds. The van der Waals surface area contributed by atoms with Crippen LogP contribution in [-0.4, -0.2) is 30.0 Å². The van der Waals surface area contributed by atoms with Crippen molar-refractivity contribution in [1.82, 2.24) is 0 Å². The van der Waals surface area contributed by atoms with Gasteiger partial charge in [-0.2, -0.15) is 24.4 Å². The molecule has 0 aliphatic carbocycles. The predicted molar refractivity (Wildman–Crippen MR) is 59.3 cm³/mol. The first-order chi connectivity index (χ1) is 5.83. The van der Waals surface area contributed by atoms with Gasteiger partial charge < -0.3 is 4.74 Å². The summed E-state index contributed by atoms with van der Waals surface area (Å²) in [5, 5.41) is 0.848. The minimum Gasteiger partial charge on any atom is -0.381 e. The second-order valence-corrected chi connectivity index (χ2v) is 5.13. The zero-order valence-corrected chi connectivity index (χ0v) is 9.37. The van der Waals surface area contributed by atoms with Crippen LogP contribution in [-0.2, 0) is 4.74 Å². The van der Waals surface area contributed by atoms with Crippen LogP contribution in [0.3, 0.4) is 0 Å². The van der Waals surface area contributed by atoms with Crippen molar-refractivity contribution in [2.24, 2.45) is 5.92 Å². The molecule has 1 heterocycles. The third kappa shape index (κ3) is 4.06. The molecule has 12 heavy (non-hydrogen) atoms. The van der Waals surface area contributed by atoms with Crippen molar-refractivity contribution < 1.29 is 4.74 Å². The highest BCUT2D eigenvalue weighted by Gasteiger charge is 2.14. The van der Waals surface area contributed by atoms with Gasteiger partial charge in [0.25, 0.3) is 0 Å². The van der Waals surface area contributed by atoms with Crippen LogP contribution in [0.5, 0.6) is 0 Å². The Kier molecular flexibility index (Phi) is 5.52. The second-order valence-electron chi connectivity index (χ2n) is 3.43. The molecule has 0 aromatic carbocycles. The summed E-state index contributed by atoms with van der Waals surface area (Å²) in [4.78, 5) is 0. The van der Waals surface area contributed by atoms with Crippen molar-refractivity contribution >= 4 is 24.4 Å². The normalized spacial score (nSPS) is 22.5. The largest absolute Gasteiger partial charge is 0.381 e. The van der Waals surface area contributed by atoms with Gasteiger partial charge in [0.15, 0.2) is 0 Å². The smallest absolute Gasteiger partial charge is 0.0476 e. The van der Waals surface area contributed by atoms with Crippen LogP contribution >= 0.6 is 24.4 Å². The summed E-state index contributed by atoms with van der Waals surface area (Å²) >= 11 is 6.38. The maximum absolute atomic E-state index is 5.30. The number of rotatable bonds is 4. The third-order valence-corrected chi connectivity index (χ3v) is 4.42. The molecule has 1 aliphatic rings. The standard InChI is InChI=1S/C9H18OS2/c1-8(6-11)7-12-9-2-4-10-5-3-9/h8-9,11H,2-7H2,1H3. The van der Waals surface area contributed by atoms with Crippen LogP contribution in [0, 0.1) is 5.92 Å². The van der Waals surface area contributed by atoms with Gasteiger partial charge in [0.05, 0.1) is 0 Å². The summed E-state index contributed by atoms with van der Waals surface area (Å²) in [6, 6.07) is 0. The molecular formula is C9H18OS2. The lowest BCUT2D eigenvalue weighted by molar-refractivity contribution is 0.1000. The molecule has 1 unspecified atom stereocenters. The molecule has 3 heteroatoms. The van der Waals surface area contributed by atoms with E-state index in [-0.39, 0.29) is 0 Å². The average Bonchev–Trinajstić information content (AvgIpc) is 2.16. The lowest BCUT2D eigenvalue weighted by Crippen LogP contribution is -2.18. The SMILES string of the molecule is CC(CS)CSC1CCOCC1. The Morgan fingerprint density at radius 1 is 1.50 bits per heavy atom. The fraction of sp³-hybridized carbons (Fsp3) is 1.00. The average molecular weight is 206 g/mol. The van der Waals surface area contributed by atoms with Gasteiger partial charge in [0, 0.05) is 18.5 Å². The number of hydrogen-bond acceptors (Lipinski definition) is 3. The summed E-state index contributed by atoms with van der Waals surface area (Å²) < 4.78 is 5.30. The van der Waals surface area contributed by atoms with Crippen LogP contribution in [0.4, 0.5) is 0 Å². The zero-order chi connectivity index (χ0) is 8.81. The highest BCUT2D eigenvalue weighted by Crippen LogP contribution is 2.24. The first-order valence-electron chi connectivity index (χ1n) is 4.63. The Bertz CT molecular complexity index is 113. The molecule has 0 aromatic heterocycles. The lowest BCUT2D eigenvalue weighted by Gasteiger charge is -2.22. The molecule has 1 saturated heterocycles. The highest BCUT2D eigenvalue weighted by molar-refractivity contribution is 7.99. The molecule has 72 valence electrons. The van der Waals surface area contributed by atoms with E-state index in [1.54, 1.807) is 0 Å². The van der Waals surface area contributed by atoms with E-state index in [9.17, 15) is 0 Å². The Hall–Kier alpha value is 0.660. The summed E-state index contributed by atoms with van der Waals surface area (Å²) in [5.74, 6) is 3.02. The molecule has 1 nitrogen and oxygen atoms in total. The van der Waals surface area contributed by atoms with E-state index < -0.39 is 0 Å². The van der Waals surface area contributed by atoms with Gasteiger partial charge in [0.2, 0.25) is 0 Å². The van der Waals surface area contributed by atoms with Gasteiger partial charge in [-0.25, -0.2) is 0 Å². The third-order valence-electron chi connectivity index (χ3n) is 2.10. The van der Waals surface area contributed by atoms with E-state index in [0.717, 1.165) is 30.1 Å². The second kappa shape index (κ2) is 6.17. The van der Waals surface area contributed by atoms with E-state index in [2.05, 4.69) is 31.3 Å². The Balaban J connectivity index is 2.05. The highest BCUT2D eigenvalue weighted by atomic mass is 32.2. The monoisotopic (exact) mass is 206 g/mol. The number of ether oxygens (including phenoxy) is 1. The van der Waals surface area contributed by atoms with Crippen molar-refractivity contribution in [3.05, 3.63) is 0 Å². The minimum absolute atomic E-state index is 0.751. The van der Waals surface area contributed by atoms with Crippen LogP contribution in [0.2, 0.25) is 0 Å². The maximum atomic E-state index is 5.30. The Morgan fingerprint density at radius 3 is 2.75 bits per heavy atom. The van der Waals surface area contributed by atoms with Gasteiger partial charge in [-0.1, -0.05) is 6.92 Å². The minimum atomic E-state index is 0.751. The van der Waals surface area contributed by atoms with E-state index in [1.165, 1.54) is 18.6 Å². The van der Waals surface area contributed by atoms with E-state index in [4.69, 9.17) is 4.74 Å². The molecule has 0 N–H and O–H groups in total. The van der Waals surface area contributed by atoms with Crippen LogP contribution in [0.25, 0.3) is 0 Å². The quantitative estimate of drug-likeness (QED) is 0.708. The Labute approximate surface area is 85.0 Å². The molecule has 1 atom stereocenters. The topological polar surface area (TPSA) is 9.23 Å². The summed E-state index contributed by atoms with van der Waals surface area (Å²) in [7, 11) is 0. The molecule has 0 saturated carbocycles. The van der Waals surface area contributed by atoms with Crippen LogP contribution in [0.15, 0.2) is 0 Å². The van der Waals surface area contributed by atoms with Crippen LogP contribution < -0.4 is 0 Å². The van der Waals surface area contributed by atoms with Gasteiger partial charge in [-0.3, -0.25) is 0 Å². The van der Waals surface area contributed by atoms with Crippen LogP contribution in [0.1, 0.15) is 19.8 Å². The first kappa shape index (κ1) is 10.7. The van der Waals surface area contributed by atoms with Crippen molar-refractivity contribution in [3.63, 3.8) is 0 Å². The van der Waals surface area contributed by atoms with Gasteiger partial charge in [-0.15, -0.1) is 0 Å². The number of thiol groups is 1. The fourth-order valence-corrected chi connectivity index (χ4v) is 2.74. The van der Waals surface area contributed by atoms with Gasteiger partial charge >= 0.3 is 0 Å². The van der Waals surface area contributed by atoms with Gasteiger partial charge in [0.1, 0.15) is 0 Å². The van der Waals surface area contributed by atoms with Gasteiger partial charge in [-0.05, 0) is 30.3 Å². The molecule has 1 fully saturated rings. The van der Waals surface area contributed by atoms with Crippen molar-refractivity contribution in [1.29, 1.82) is 0 Å². The summed E-state index contributed by atoms with van der Waals surface area (Å²) in [5.41, 5.74) is 0. The maximum Gasteiger partial charge on any atom is 0.0476 e. The van der Waals surface area contributed by atoms with Crippen molar-refractivity contribution in [3.8, 4) is 0 Å². The van der Waals surface area contributed by atoms with Crippen molar-refractivity contribution in [2.75, 3.05) is 24.7 Å². The molecule has 0 spiro atoms. The molecular weight excluding hydrogens is 188 g/mol. The van der Waals surface area contributed by atoms with E-state index in [0.29, 0.717) is 0 Å². The molecule has 0 radical (unpaired) electrons. The fourth-order valence-electron chi connectivity index (χ4n) is 1.20. The zero-order valence-electron chi connectivity index (χ0n) is 7.66. The number of thioether (sulfide) groups is 1. The molecule has 0 bridgehead atoms. The Morgan fingerprint density at radius 2 is 2.17 bits per heavy atom. The van der Waals surface area contributed by atoms with E-state index in [1.807, 2.05) is 0 Å². The van der Waals surface area contributed by atoms with Crippen molar-refractivity contribution in [2.45, 2.75) is 25.0 Å².